The first-order chi connectivity index (χ1) is 12.9. The lowest BCUT2D eigenvalue weighted by Gasteiger charge is -2.14. The van der Waals surface area contributed by atoms with Crippen LogP contribution in [0, 0.1) is 11.3 Å². The van der Waals surface area contributed by atoms with Gasteiger partial charge in [-0.25, -0.2) is 0 Å². The van der Waals surface area contributed by atoms with Crippen LogP contribution in [0.25, 0.3) is 0 Å². The molecule has 2 unspecified atom stereocenters. The van der Waals surface area contributed by atoms with Gasteiger partial charge in [-0.05, 0) is 19.3 Å². The Morgan fingerprint density at radius 3 is 2.56 bits per heavy atom. The van der Waals surface area contributed by atoms with Gasteiger partial charge >= 0.3 is 0 Å². The quantitative estimate of drug-likeness (QED) is 0.562. The number of hydrogen-bond acceptors (Lipinski definition) is 6. The minimum absolute atomic E-state index is 0.0844. The van der Waals surface area contributed by atoms with Crippen molar-refractivity contribution >= 4 is 23.0 Å². The van der Waals surface area contributed by atoms with E-state index in [4.69, 9.17) is 9.68 Å². The summed E-state index contributed by atoms with van der Waals surface area (Å²) in [6.45, 7) is 6.53. The summed E-state index contributed by atoms with van der Waals surface area (Å²) >= 11 is 0. The van der Waals surface area contributed by atoms with Crippen molar-refractivity contribution in [1.82, 2.24) is 5.32 Å². The van der Waals surface area contributed by atoms with Crippen molar-refractivity contribution in [3.63, 3.8) is 0 Å². The van der Waals surface area contributed by atoms with E-state index in [9.17, 15) is 4.79 Å². The molecule has 0 aromatic heterocycles. The van der Waals surface area contributed by atoms with E-state index >= 15 is 0 Å². The smallest absolute Gasteiger partial charge is 0.273 e. The highest BCUT2D eigenvalue weighted by Gasteiger charge is 2.51. The zero-order valence-corrected chi connectivity index (χ0v) is 16.9. The van der Waals surface area contributed by atoms with Crippen LogP contribution in [0.2, 0.25) is 0 Å². The van der Waals surface area contributed by atoms with Crippen molar-refractivity contribution in [2.24, 2.45) is 26.6 Å². The summed E-state index contributed by atoms with van der Waals surface area (Å²) in [6.07, 6.45) is 1.11. The van der Waals surface area contributed by atoms with Crippen LogP contribution in [-0.4, -0.2) is 44.2 Å². The summed E-state index contributed by atoms with van der Waals surface area (Å²) in [7, 11) is 4.74. The predicted octanol–water partition coefficient (Wildman–Crippen LogP) is 2.79. The van der Waals surface area contributed by atoms with Crippen LogP contribution in [0.4, 0.5) is 0 Å². The number of hydrogen-bond donors (Lipinski definition) is 1. The lowest BCUT2D eigenvalue weighted by molar-refractivity contribution is -0.114. The summed E-state index contributed by atoms with van der Waals surface area (Å²) in [4.78, 5) is 26.9. The van der Waals surface area contributed by atoms with Gasteiger partial charge in [-0.3, -0.25) is 9.79 Å². The molecule has 0 heterocycles. The van der Waals surface area contributed by atoms with Crippen molar-refractivity contribution in [1.29, 1.82) is 0 Å². The fourth-order valence-electron chi connectivity index (χ4n) is 3.28. The molecule has 0 saturated heterocycles. The zero-order chi connectivity index (χ0) is 20.0. The monoisotopic (exact) mass is 372 g/mol. The number of carbonyl (C=O) groups is 1. The second-order valence-electron chi connectivity index (χ2n) is 6.90. The molecule has 0 bridgehead atoms. The Morgan fingerprint density at radius 1 is 1.33 bits per heavy atom. The first kappa shape index (κ1) is 20.6. The number of benzene rings is 1. The van der Waals surface area contributed by atoms with Gasteiger partial charge < -0.3 is 15.0 Å². The minimum atomic E-state index is -0.333. The van der Waals surface area contributed by atoms with E-state index in [0.717, 1.165) is 23.4 Å². The Balaban J connectivity index is 2.17. The van der Waals surface area contributed by atoms with Gasteiger partial charge in [0.1, 0.15) is 13.7 Å². The molecule has 0 spiro atoms. The normalized spacial score (nSPS) is 23.0. The van der Waals surface area contributed by atoms with Gasteiger partial charge in [-0.1, -0.05) is 48.4 Å². The molecule has 1 aromatic carbocycles. The third kappa shape index (κ3) is 4.53. The number of oxime groups is 2. The zero-order valence-electron chi connectivity index (χ0n) is 16.9. The molecule has 0 radical (unpaired) electrons. The minimum Gasteiger partial charge on any atom is -0.398 e. The SMILES string of the molecule is CN=C(/C(C)=N\OCc1ccccc1/C(=N/OC)C(=O)NC)C1(C)CC1C. The maximum Gasteiger partial charge on any atom is 0.273 e. The van der Waals surface area contributed by atoms with Gasteiger partial charge in [0.05, 0.1) is 11.4 Å². The third-order valence-corrected chi connectivity index (χ3v) is 5.08. The van der Waals surface area contributed by atoms with Crippen LogP contribution in [0.5, 0.6) is 0 Å². The van der Waals surface area contributed by atoms with Gasteiger partial charge in [-0.2, -0.15) is 0 Å². The van der Waals surface area contributed by atoms with Crippen molar-refractivity contribution < 1.29 is 14.5 Å². The molecule has 1 aliphatic rings. The summed E-state index contributed by atoms with van der Waals surface area (Å²) in [5.74, 6) is 0.266. The average Bonchev–Trinajstić information content (AvgIpc) is 3.27. The molecule has 7 heteroatoms. The highest BCUT2D eigenvalue weighted by atomic mass is 16.6. The van der Waals surface area contributed by atoms with E-state index in [0.29, 0.717) is 11.5 Å². The largest absolute Gasteiger partial charge is 0.398 e. The van der Waals surface area contributed by atoms with Crippen molar-refractivity contribution in [2.75, 3.05) is 21.2 Å². The van der Waals surface area contributed by atoms with Crippen LogP contribution in [0.15, 0.2) is 39.6 Å². The number of carbonyl (C=O) groups excluding carboxylic acids is 1. The summed E-state index contributed by atoms with van der Waals surface area (Å²) in [6, 6.07) is 7.37. The number of nitrogens with zero attached hydrogens (tertiary/aromatic N) is 3. The number of likely N-dealkylation sites (N-methyl/N-ethyl adjacent to an activating group) is 1. The van der Waals surface area contributed by atoms with E-state index in [1.807, 2.05) is 25.1 Å². The fraction of sp³-hybridized carbons (Fsp3) is 0.500. The molecular formula is C20H28N4O3. The third-order valence-electron chi connectivity index (χ3n) is 5.08. The second kappa shape index (κ2) is 8.79. The highest BCUT2D eigenvalue weighted by Crippen LogP contribution is 2.53. The standard InChI is InChI=1S/C20H28N4O3/c1-13-11-20(13,3)18(21-4)14(2)23-27-12-15-9-7-8-10-16(15)17(24-26-6)19(25)22-5/h7-10,13H,11-12H2,1-6H3,(H,22,25)/b21-18?,23-14-,24-17-. The Morgan fingerprint density at radius 2 is 2.00 bits per heavy atom. The molecule has 1 saturated carbocycles. The molecule has 0 aliphatic heterocycles. The Labute approximate surface area is 160 Å². The molecule has 1 N–H and O–H groups in total. The number of rotatable bonds is 8. The predicted molar refractivity (Wildman–Crippen MR) is 107 cm³/mol. The molecule has 7 nitrogen and oxygen atoms in total. The van der Waals surface area contributed by atoms with Crippen LogP contribution < -0.4 is 5.32 Å². The molecule has 1 fully saturated rings. The van der Waals surface area contributed by atoms with Crippen LogP contribution in [0.3, 0.4) is 0 Å². The second-order valence-corrected chi connectivity index (χ2v) is 6.90. The fourth-order valence-corrected chi connectivity index (χ4v) is 3.28. The van der Waals surface area contributed by atoms with Crippen LogP contribution >= 0.6 is 0 Å². The molecule has 1 aliphatic carbocycles. The van der Waals surface area contributed by atoms with Crippen molar-refractivity contribution in [3.8, 4) is 0 Å². The first-order valence-corrected chi connectivity index (χ1v) is 8.94. The first-order valence-electron chi connectivity index (χ1n) is 8.94. The average molecular weight is 372 g/mol. The lowest BCUT2D eigenvalue weighted by Crippen LogP contribution is -2.29. The van der Waals surface area contributed by atoms with Gasteiger partial charge in [0.15, 0.2) is 5.71 Å². The van der Waals surface area contributed by atoms with Gasteiger partial charge in [0, 0.05) is 30.6 Å². The summed E-state index contributed by atoms with van der Waals surface area (Å²) in [5, 5.41) is 10.7. The molecule has 1 aromatic rings. The van der Waals surface area contributed by atoms with Gasteiger partial charge in [0.2, 0.25) is 0 Å². The maximum atomic E-state index is 12.1. The van der Waals surface area contributed by atoms with E-state index in [1.54, 1.807) is 20.2 Å². The topological polar surface area (TPSA) is 84.6 Å². The molecule has 2 rings (SSSR count). The maximum absolute atomic E-state index is 12.1. The summed E-state index contributed by atoms with van der Waals surface area (Å²) < 4.78 is 0. The molecule has 1 amide bonds. The van der Waals surface area contributed by atoms with Crippen LogP contribution in [-0.2, 0) is 21.1 Å². The van der Waals surface area contributed by atoms with Crippen molar-refractivity contribution in [3.05, 3.63) is 35.4 Å². The summed E-state index contributed by atoms with van der Waals surface area (Å²) in [5.41, 5.74) is 3.46. The Hall–Kier alpha value is -2.70. The van der Waals surface area contributed by atoms with E-state index in [1.165, 1.54) is 7.11 Å². The number of nitrogens with one attached hydrogen (secondary N) is 1. The molecule has 146 valence electrons. The van der Waals surface area contributed by atoms with Gasteiger partial charge in [-0.15, -0.1) is 0 Å². The lowest BCUT2D eigenvalue weighted by atomic mass is 9.96. The number of amides is 1. The van der Waals surface area contributed by atoms with Crippen molar-refractivity contribution in [2.45, 2.75) is 33.8 Å². The van der Waals surface area contributed by atoms with Gasteiger partial charge in [0.25, 0.3) is 5.91 Å². The highest BCUT2D eigenvalue weighted by molar-refractivity contribution is 6.45. The molecule has 27 heavy (non-hydrogen) atoms. The van der Waals surface area contributed by atoms with Crippen LogP contribution in [0.1, 0.15) is 38.3 Å². The van der Waals surface area contributed by atoms with E-state index in [-0.39, 0.29) is 23.6 Å². The Bertz CT molecular complexity index is 785. The van der Waals surface area contributed by atoms with E-state index < -0.39 is 0 Å². The van der Waals surface area contributed by atoms with E-state index in [2.05, 4.69) is 34.5 Å². The molecule has 2 atom stereocenters. The molecular weight excluding hydrogens is 344 g/mol. The Kier molecular flexibility index (Phi) is 6.71. The number of aliphatic imine (C=N–C) groups is 1.